The highest BCUT2D eigenvalue weighted by Gasteiger charge is 2.28. The van der Waals surface area contributed by atoms with E-state index in [1.165, 1.54) is 17.7 Å². The third-order valence-electron chi connectivity index (χ3n) is 5.05. The smallest absolute Gasteiger partial charge is 0.322 e. The Balaban J connectivity index is 1.80. The molecule has 1 heterocycles. The van der Waals surface area contributed by atoms with Crippen LogP contribution in [0.4, 0.5) is 0 Å². The number of carboxylic acid groups (broad SMARTS) is 1. The van der Waals surface area contributed by atoms with Crippen LogP contribution in [0.5, 0.6) is 0 Å². The van der Waals surface area contributed by atoms with Crippen molar-refractivity contribution < 1.29 is 22.8 Å². The molecule has 3 aromatic rings. The molecule has 8 heteroatoms. The van der Waals surface area contributed by atoms with Crippen molar-refractivity contribution in [3.8, 4) is 22.6 Å². The first-order valence-corrected chi connectivity index (χ1v) is 11.5. The summed E-state index contributed by atoms with van der Waals surface area (Å²) < 4.78 is 32.8. The molecule has 3 rings (SSSR count). The zero-order chi connectivity index (χ0) is 22.8. The van der Waals surface area contributed by atoms with Crippen LogP contribution in [0.3, 0.4) is 0 Å². The van der Waals surface area contributed by atoms with Crippen LogP contribution in [0, 0.1) is 5.92 Å². The van der Waals surface area contributed by atoms with Crippen LogP contribution in [0.25, 0.3) is 22.6 Å². The van der Waals surface area contributed by atoms with Gasteiger partial charge in [-0.15, -0.1) is 0 Å². The summed E-state index contributed by atoms with van der Waals surface area (Å²) in [5.41, 5.74) is 3.51. The maximum absolute atomic E-state index is 12.6. The van der Waals surface area contributed by atoms with E-state index in [0.29, 0.717) is 22.9 Å². The van der Waals surface area contributed by atoms with Crippen molar-refractivity contribution in [2.45, 2.75) is 44.6 Å². The van der Waals surface area contributed by atoms with Crippen LogP contribution in [0.1, 0.15) is 39.2 Å². The molecule has 1 atom stereocenters. The Kier molecular flexibility index (Phi) is 6.62. The lowest BCUT2D eigenvalue weighted by molar-refractivity contribution is -0.140. The van der Waals surface area contributed by atoms with Crippen molar-refractivity contribution in [3.63, 3.8) is 0 Å². The summed E-state index contributed by atoms with van der Waals surface area (Å²) >= 11 is 0. The molecule has 7 nitrogen and oxygen atoms in total. The van der Waals surface area contributed by atoms with E-state index >= 15 is 0 Å². The lowest BCUT2D eigenvalue weighted by Crippen LogP contribution is -2.44. The molecule has 0 aliphatic heterocycles. The Hall–Kier alpha value is -2.97. The lowest BCUT2D eigenvalue weighted by Gasteiger charge is -2.18. The van der Waals surface area contributed by atoms with E-state index < -0.39 is 28.0 Å². The number of aromatic nitrogens is 1. The van der Waals surface area contributed by atoms with E-state index in [2.05, 4.69) is 35.9 Å². The third kappa shape index (κ3) is 5.21. The minimum absolute atomic E-state index is 0.0211. The number of aliphatic carboxylic acids is 1. The van der Waals surface area contributed by atoms with Crippen molar-refractivity contribution in [2.75, 3.05) is 0 Å². The Morgan fingerprint density at radius 2 is 1.55 bits per heavy atom. The van der Waals surface area contributed by atoms with Gasteiger partial charge in [-0.3, -0.25) is 4.79 Å². The molecule has 0 radical (unpaired) electrons. The number of sulfonamides is 1. The minimum Gasteiger partial charge on any atom is -0.480 e. The number of carbonyl (C=O) groups is 1. The van der Waals surface area contributed by atoms with Gasteiger partial charge in [-0.1, -0.05) is 57.1 Å². The molecule has 0 saturated heterocycles. The van der Waals surface area contributed by atoms with Crippen molar-refractivity contribution in [1.29, 1.82) is 0 Å². The largest absolute Gasteiger partial charge is 0.480 e. The van der Waals surface area contributed by atoms with Crippen molar-refractivity contribution in [1.82, 2.24) is 9.88 Å². The lowest BCUT2D eigenvalue weighted by atomic mass is 10.0. The molecule has 2 aromatic carbocycles. The van der Waals surface area contributed by atoms with E-state index in [9.17, 15) is 18.3 Å². The highest BCUT2D eigenvalue weighted by Crippen LogP contribution is 2.28. The first-order valence-electron chi connectivity index (χ1n) is 10.0. The van der Waals surface area contributed by atoms with Crippen molar-refractivity contribution in [2.24, 2.45) is 5.92 Å². The molecule has 0 fully saturated rings. The highest BCUT2D eigenvalue weighted by atomic mass is 32.2. The minimum atomic E-state index is -3.97. The Morgan fingerprint density at radius 1 is 0.968 bits per heavy atom. The van der Waals surface area contributed by atoms with Crippen LogP contribution >= 0.6 is 0 Å². The van der Waals surface area contributed by atoms with Gasteiger partial charge >= 0.3 is 5.97 Å². The van der Waals surface area contributed by atoms with Crippen LogP contribution < -0.4 is 4.72 Å². The van der Waals surface area contributed by atoms with Gasteiger partial charge in [0.25, 0.3) is 0 Å². The van der Waals surface area contributed by atoms with Gasteiger partial charge in [0.05, 0.1) is 4.90 Å². The third-order valence-corrected chi connectivity index (χ3v) is 6.50. The fourth-order valence-electron chi connectivity index (χ4n) is 3.09. The zero-order valence-corrected chi connectivity index (χ0v) is 18.7. The molecular formula is C23H26N2O5S. The second kappa shape index (κ2) is 9.03. The van der Waals surface area contributed by atoms with Crippen molar-refractivity contribution >= 4 is 16.0 Å². The fourth-order valence-corrected chi connectivity index (χ4v) is 4.43. The summed E-state index contributed by atoms with van der Waals surface area (Å²) in [6.45, 7) is 7.55. The van der Waals surface area contributed by atoms with Crippen molar-refractivity contribution in [3.05, 3.63) is 60.2 Å². The van der Waals surface area contributed by atoms with E-state index in [4.69, 9.17) is 4.52 Å². The topological polar surface area (TPSA) is 110 Å². The van der Waals surface area contributed by atoms with Gasteiger partial charge in [-0.25, -0.2) is 8.42 Å². The summed E-state index contributed by atoms with van der Waals surface area (Å²) in [6.07, 6.45) is 0. The Morgan fingerprint density at radius 3 is 2.06 bits per heavy atom. The number of benzene rings is 2. The van der Waals surface area contributed by atoms with Gasteiger partial charge in [0, 0.05) is 17.2 Å². The summed E-state index contributed by atoms with van der Waals surface area (Å²) in [7, 11) is -3.97. The quantitative estimate of drug-likeness (QED) is 0.531. The molecule has 31 heavy (non-hydrogen) atoms. The van der Waals surface area contributed by atoms with E-state index in [0.717, 1.165) is 5.56 Å². The van der Waals surface area contributed by atoms with Crippen LogP contribution in [0.15, 0.2) is 64.0 Å². The second-order valence-electron chi connectivity index (χ2n) is 8.06. The highest BCUT2D eigenvalue weighted by molar-refractivity contribution is 7.89. The number of nitrogens with zero attached hydrogens (tertiary/aromatic N) is 1. The monoisotopic (exact) mass is 442 g/mol. The number of rotatable bonds is 8. The molecule has 0 saturated carbocycles. The van der Waals surface area contributed by atoms with Gasteiger partial charge < -0.3 is 9.63 Å². The summed E-state index contributed by atoms with van der Waals surface area (Å²) in [4.78, 5) is 11.3. The molecule has 0 aliphatic carbocycles. The summed E-state index contributed by atoms with van der Waals surface area (Å²) in [5, 5.41) is 13.4. The SMILES string of the molecule is CC(C)c1ccc(-c2cc(-c3ccc(S(=O)(=O)NC(C(=O)O)C(C)C)cc3)on2)cc1. The summed E-state index contributed by atoms with van der Waals surface area (Å²) in [5.74, 6) is -0.664. The van der Waals surface area contributed by atoms with Gasteiger partial charge in [0.15, 0.2) is 5.76 Å². The average molecular weight is 443 g/mol. The van der Waals surface area contributed by atoms with Gasteiger partial charge in [0.2, 0.25) is 10.0 Å². The molecule has 0 aliphatic rings. The van der Waals surface area contributed by atoms with E-state index in [1.54, 1.807) is 32.0 Å². The number of hydrogen-bond donors (Lipinski definition) is 2. The average Bonchev–Trinajstić information content (AvgIpc) is 3.22. The second-order valence-corrected chi connectivity index (χ2v) is 9.77. The fraction of sp³-hybridized carbons (Fsp3) is 0.304. The standard InChI is InChI=1S/C23H26N2O5S/c1-14(2)16-5-7-17(8-6-16)20-13-21(30-24-20)18-9-11-19(12-10-18)31(28,29)25-22(15(3)4)23(26)27/h5-15,22,25H,1-4H3,(H,26,27). The normalized spacial score (nSPS) is 13.0. The molecule has 164 valence electrons. The molecular weight excluding hydrogens is 416 g/mol. The maximum atomic E-state index is 12.6. The predicted octanol–water partition coefficient (Wildman–Crippen LogP) is 4.52. The molecule has 2 N–H and O–H groups in total. The molecule has 1 unspecified atom stereocenters. The summed E-state index contributed by atoms with van der Waals surface area (Å²) in [6, 6.07) is 14.7. The zero-order valence-electron chi connectivity index (χ0n) is 17.9. The first kappa shape index (κ1) is 22.7. The number of hydrogen-bond acceptors (Lipinski definition) is 5. The van der Waals surface area contributed by atoms with E-state index in [-0.39, 0.29) is 4.90 Å². The number of nitrogens with one attached hydrogen (secondary N) is 1. The molecule has 0 bridgehead atoms. The van der Waals surface area contributed by atoms with Gasteiger partial charge in [-0.05, 0) is 41.7 Å². The first-order chi connectivity index (χ1) is 14.6. The molecule has 0 spiro atoms. The molecule has 1 aromatic heterocycles. The Bertz CT molecular complexity index is 1150. The van der Waals surface area contributed by atoms with Gasteiger partial charge in [0.1, 0.15) is 11.7 Å². The van der Waals surface area contributed by atoms with Gasteiger partial charge in [-0.2, -0.15) is 4.72 Å². The maximum Gasteiger partial charge on any atom is 0.322 e. The molecule has 0 amide bonds. The van der Waals surface area contributed by atoms with Crippen LogP contribution in [-0.4, -0.2) is 30.7 Å². The number of carboxylic acids is 1. The van der Waals surface area contributed by atoms with Crippen LogP contribution in [0.2, 0.25) is 0 Å². The van der Waals surface area contributed by atoms with E-state index in [1.807, 2.05) is 12.1 Å². The predicted molar refractivity (Wildman–Crippen MR) is 118 cm³/mol. The van der Waals surface area contributed by atoms with Crippen LogP contribution in [-0.2, 0) is 14.8 Å². The Labute approximate surface area is 182 Å².